The van der Waals surface area contributed by atoms with Crippen LogP contribution >= 0.6 is 0 Å². The van der Waals surface area contributed by atoms with Crippen molar-refractivity contribution in [1.82, 2.24) is 15.0 Å². The number of aromatic nitrogens is 3. The molecule has 4 aromatic rings. The van der Waals surface area contributed by atoms with Gasteiger partial charge in [-0.1, -0.05) is 65.9 Å². The highest BCUT2D eigenvalue weighted by Crippen LogP contribution is 2.26. The Kier molecular flexibility index (Phi) is 4.45. The van der Waals surface area contributed by atoms with Gasteiger partial charge in [0.2, 0.25) is 0 Å². The van der Waals surface area contributed by atoms with Gasteiger partial charge in [-0.25, -0.2) is 4.68 Å². The lowest BCUT2D eigenvalue weighted by atomic mass is 10.0. The molecule has 0 fully saturated rings. The minimum absolute atomic E-state index is 0.0479. The number of rotatable bonds is 5. The fourth-order valence-electron chi connectivity index (χ4n) is 2.99. The Morgan fingerprint density at radius 1 is 0.852 bits per heavy atom. The number of hydrogen-bond acceptors (Lipinski definition) is 4. The summed E-state index contributed by atoms with van der Waals surface area (Å²) in [6.07, 6.45) is 0.648. The van der Waals surface area contributed by atoms with E-state index in [1.807, 2.05) is 48.5 Å². The molecule has 6 heteroatoms. The number of nitro benzene ring substituents is 1. The molecule has 6 nitrogen and oxygen atoms in total. The van der Waals surface area contributed by atoms with E-state index in [1.165, 1.54) is 12.1 Å². The van der Waals surface area contributed by atoms with Crippen molar-refractivity contribution in [3.63, 3.8) is 0 Å². The summed E-state index contributed by atoms with van der Waals surface area (Å²) in [5.41, 5.74) is 4.64. The third kappa shape index (κ3) is 3.46. The van der Waals surface area contributed by atoms with E-state index in [-0.39, 0.29) is 5.69 Å². The number of hydrogen-bond donors (Lipinski definition) is 0. The van der Waals surface area contributed by atoms with Crippen molar-refractivity contribution in [2.45, 2.75) is 6.42 Å². The number of nitro groups is 1. The average molecular weight is 356 g/mol. The Labute approximate surface area is 155 Å². The maximum Gasteiger partial charge on any atom is 0.269 e. The highest BCUT2D eigenvalue weighted by atomic mass is 16.6. The van der Waals surface area contributed by atoms with Gasteiger partial charge >= 0.3 is 0 Å². The quantitative estimate of drug-likeness (QED) is 0.391. The summed E-state index contributed by atoms with van der Waals surface area (Å²) in [6.45, 7) is 0. The minimum atomic E-state index is -0.411. The molecule has 1 aromatic heterocycles. The second-order valence-corrected chi connectivity index (χ2v) is 6.10. The van der Waals surface area contributed by atoms with E-state index in [2.05, 4.69) is 22.4 Å². The Balaban J connectivity index is 1.81. The summed E-state index contributed by atoms with van der Waals surface area (Å²) < 4.78 is 1.75. The molecule has 0 radical (unpaired) electrons. The van der Waals surface area contributed by atoms with Crippen LogP contribution in [0.3, 0.4) is 0 Å². The van der Waals surface area contributed by atoms with E-state index in [9.17, 15) is 10.1 Å². The smallest absolute Gasteiger partial charge is 0.258 e. The van der Waals surface area contributed by atoms with Gasteiger partial charge < -0.3 is 0 Å². The van der Waals surface area contributed by atoms with Crippen LogP contribution in [0.5, 0.6) is 0 Å². The first-order chi connectivity index (χ1) is 13.2. The van der Waals surface area contributed by atoms with E-state index >= 15 is 0 Å². The van der Waals surface area contributed by atoms with Crippen molar-refractivity contribution in [1.29, 1.82) is 0 Å². The van der Waals surface area contributed by atoms with Gasteiger partial charge in [0.15, 0.2) is 0 Å². The van der Waals surface area contributed by atoms with Gasteiger partial charge in [-0.3, -0.25) is 10.1 Å². The molecule has 27 heavy (non-hydrogen) atoms. The molecular weight excluding hydrogens is 340 g/mol. The van der Waals surface area contributed by atoms with Crippen LogP contribution in [0, 0.1) is 10.1 Å². The van der Waals surface area contributed by atoms with Crippen LogP contribution in [0.25, 0.3) is 16.9 Å². The van der Waals surface area contributed by atoms with Crippen LogP contribution in [0.2, 0.25) is 0 Å². The van der Waals surface area contributed by atoms with Gasteiger partial charge in [0.05, 0.1) is 16.3 Å². The lowest BCUT2D eigenvalue weighted by Gasteiger charge is -2.09. The van der Waals surface area contributed by atoms with Crippen LogP contribution in [0.1, 0.15) is 11.3 Å². The first-order valence-corrected chi connectivity index (χ1v) is 8.51. The average Bonchev–Trinajstić information content (AvgIpc) is 3.13. The summed E-state index contributed by atoms with van der Waals surface area (Å²) in [7, 11) is 0. The lowest BCUT2D eigenvalue weighted by molar-refractivity contribution is -0.384. The molecule has 0 aliphatic rings. The molecular formula is C21H16N4O2. The van der Waals surface area contributed by atoms with Crippen molar-refractivity contribution >= 4 is 5.69 Å². The number of nitrogens with zero attached hydrogens (tertiary/aromatic N) is 4. The Morgan fingerprint density at radius 2 is 1.48 bits per heavy atom. The molecule has 132 valence electrons. The van der Waals surface area contributed by atoms with E-state index in [0.717, 1.165) is 28.2 Å². The maximum atomic E-state index is 10.9. The zero-order valence-corrected chi connectivity index (χ0v) is 14.4. The van der Waals surface area contributed by atoms with Gasteiger partial charge in [-0.2, -0.15) is 0 Å². The van der Waals surface area contributed by atoms with E-state index in [0.29, 0.717) is 6.42 Å². The molecule has 0 unspecified atom stereocenters. The number of benzene rings is 3. The van der Waals surface area contributed by atoms with Crippen molar-refractivity contribution in [3.8, 4) is 16.9 Å². The maximum absolute atomic E-state index is 10.9. The molecule has 0 atom stereocenters. The second kappa shape index (κ2) is 7.21. The van der Waals surface area contributed by atoms with E-state index < -0.39 is 4.92 Å². The molecule has 1 heterocycles. The molecule has 0 amide bonds. The third-order valence-electron chi connectivity index (χ3n) is 4.33. The Hall–Kier alpha value is -3.80. The van der Waals surface area contributed by atoms with Crippen LogP contribution in [-0.4, -0.2) is 19.9 Å². The Bertz CT molecular complexity index is 1060. The van der Waals surface area contributed by atoms with Crippen molar-refractivity contribution in [2.24, 2.45) is 0 Å². The zero-order valence-electron chi connectivity index (χ0n) is 14.4. The van der Waals surface area contributed by atoms with Crippen LogP contribution in [0.4, 0.5) is 5.69 Å². The van der Waals surface area contributed by atoms with Crippen LogP contribution < -0.4 is 0 Å². The highest BCUT2D eigenvalue weighted by molar-refractivity contribution is 5.63. The minimum Gasteiger partial charge on any atom is -0.258 e. The normalized spacial score (nSPS) is 10.7. The molecule has 0 aliphatic heterocycles. The monoisotopic (exact) mass is 356 g/mol. The first-order valence-electron chi connectivity index (χ1n) is 8.51. The summed E-state index contributed by atoms with van der Waals surface area (Å²) in [5.74, 6) is 0. The summed E-state index contributed by atoms with van der Waals surface area (Å²) in [4.78, 5) is 10.5. The Morgan fingerprint density at radius 3 is 2.11 bits per heavy atom. The second-order valence-electron chi connectivity index (χ2n) is 6.10. The van der Waals surface area contributed by atoms with Gasteiger partial charge in [-0.05, 0) is 17.7 Å². The predicted octanol–water partition coefficient (Wildman–Crippen LogP) is 4.43. The molecule has 0 saturated heterocycles. The largest absolute Gasteiger partial charge is 0.269 e. The van der Waals surface area contributed by atoms with E-state index in [1.54, 1.807) is 16.8 Å². The predicted molar refractivity (Wildman–Crippen MR) is 103 cm³/mol. The summed E-state index contributed by atoms with van der Waals surface area (Å²) in [6, 6.07) is 26.3. The summed E-state index contributed by atoms with van der Waals surface area (Å²) in [5, 5.41) is 19.6. The topological polar surface area (TPSA) is 73.8 Å². The fraction of sp³-hybridized carbons (Fsp3) is 0.0476. The van der Waals surface area contributed by atoms with Crippen molar-refractivity contribution < 1.29 is 4.92 Å². The van der Waals surface area contributed by atoms with Gasteiger partial charge in [0.25, 0.3) is 5.69 Å². The number of non-ortho nitro benzene ring substituents is 1. The van der Waals surface area contributed by atoms with Crippen molar-refractivity contribution in [3.05, 3.63) is 106 Å². The summed E-state index contributed by atoms with van der Waals surface area (Å²) >= 11 is 0. The van der Waals surface area contributed by atoms with Gasteiger partial charge in [0, 0.05) is 24.1 Å². The zero-order chi connectivity index (χ0) is 18.6. The molecule has 0 spiro atoms. The van der Waals surface area contributed by atoms with Crippen molar-refractivity contribution in [2.75, 3.05) is 0 Å². The van der Waals surface area contributed by atoms with Crippen LogP contribution in [-0.2, 0) is 6.42 Å². The van der Waals surface area contributed by atoms with Crippen LogP contribution in [0.15, 0.2) is 84.9 Å². The fourth-order valence-corrected chi connectivity index (χ4v) is 2.99. The van der Waals surface area contributed by atoms with Gasteiger partial charge in [0.1, 0.15) is 5.69 Å². The first kappa shape index (κ1) is 16.7. The third-order valence-corrected chi connectivity index (χ3v) is 4.33. The van der Waals surface area contributed by atoms with Gasteiger partial charge in [-0.15, -0.1) is 5.10 Å². The lowest BCUT2D eigenvalue weighted by Crippen LogP contribution is -2.04. The molecule has 0 bridgehead atoms. The molecule has 3 aromatic carbocycles. The standard InChI is InChI=1S/C21H16N4O2/c26-25(27)19-13-11-18(12-14-19)24-20(15-16-7-3-1-4-8-16)21(22-23-24)17-9-5-2-6-10-17/h1-14H,15H2. The SMILES string of the molecule is O=[N+]([O-])c1ccc(-n2nnc(-c3ccccc3)c2Cc2ccccc2)cc1. The molecule has 0 saturated carbocycles. The highest BCUT2D eigenvalue weighted by Gasteiger charge is 2.17. The molecule has 0 N–H and O–H groups in total. The van der Waals surface area contributed by atoms with E-state index in [4.69, 9.17) is 0 Å². The molecule has 0 aliphatic carbocycles. The molecule has 4 rings (SSSR count).